The molecule has 1 amide bonds. The van der Waals surface area contributed by atoms with Crippen LogP contribution in [0.4, 0.5) is 0 Å². The first-order chi connectivity index (χ1) is 31.0. The summed E-state index contributed by atoms with van der Waals surface area (Å²) < 4.78 is 5.48. The van der Waals surface area contributed by atoms with Crippen molar-refractivity contribution >= 4 is 11.9 Å². The number of hydrogen-bond donors (Lipinski definition) is 3. The van der Waals surface area contributed by atoms with Gasteiger partial charge in [-0.1, -0.05) is 290 Å². The molecule has 0 aromatic rings. The van der Waals surface area contributed by atoms with Crippen LogP contribution in [0.5, 0.6) is 0 Å². The number of nitrogens with one attached hydrogen (secondary N) is 1. The Kier molecular flexibility index (Phi) is 52.5. The monoisotopic (exact) mass is 892 g/mol. The van der Waals surface area contributed by atoms with Gasteiger partial charge in [0.15, 0.2) is 0 Å². The molecule has 3 N–H and O–H groups in total. The maximum absolute atomic E-state index is 12.4. The van der Waals surface area contributed by atoms with Crippen LogP contribution in [0, 0.1) is 0 Å². The Bertz CT molecular complexity index is 898. The Morgan fingerprint density at radius 2 is 0.651 bits per heavy atom. The number of amides is 1. The summed E-state index contributed by atoms with van der Waals surface area (Å²) >= 11 is 0. The van der Waals surface area contributed by atoms with Gasteiger partial charge in [-0.05, 0) is 25.7 Å². The second kappa shape index (κ2) is 53.5. The Morgan fingerprint density at radius 1 is 0.381 bits per heavy atom. The maximum atomic E-state index is 12.4. The number of aliphatic hydroxyl groups excluding tert-OH is 2. The molecule has 2 atom stereocenters. The molecule has 0 bridgehead atoms. The lowest BCUT2D eigenvalue weighted by atomic mass is 10.0. The van der Waals surface area contributed by atoms with Gasteiger partial charge in [0.1, 0.15) is 0 Å². The van der Waals surface area contributed by atoms with E-state index in [0.29, 0.717) is 25.9 Å². The van der Waals surface area contributed by atoms with Crippen molar-refractivity contribution in [2.24, 2.45) is 0 Å². The highest BCUT2D eigenvalue weighted by atomic mass is 16.5. The second-order valence-electron chi connectivity index (χ2n) is 20.0. The van der Waals surface area contributed by atoms with Crippen molar-refractivity contribution in [1.29, 1.82) is 0 Å². The van der Waals surface area contributed by atoms with E-state index in [1.54, 1.807) is 0 Å². The molecule has 0 heterocycles. The first-order valence-corrected chi connectivity index (χ1v) is 28.8. The fraction of sp³-hybridized carbons (Fsp3) is 0.965. The normalized spacial score (nSPS) is 12.5. The van der Waals surface area contributed by atoms with Gasteiger partial charge in [0.05, 0.1) is 25.4 Å². The van der Waals surface area contributed by atoms with Crippen molar-refractivity contribution in [3.05, 3.63) is 0 Å². The predicted molar refractivity (Wildman–Crippen MR) is 274 cm³/mol. The molecule has 0 aliphatic carbocycles. The van der Waals surface area contributed by atoms with Crippen molar-refractivity contribution < 1.29 is 24.5 Å². The summed E-state index contributed by atoms with van der Waals surface area (Å²) in [5, 5.41) is 23.1. The first-order valence-electron chi connectivity index (χ1n) is 28.8. The smallest absolute Gasteiger partial charge is 0.305 e. The van der Waals surface area contributed by atoms with Crippen LogP contribution in [0.1, 0.15) is 328 Å². The van der Waals surface area contributed by atoms with Gasteiger partial charge in [0, 0.05) is 12.8 Å². The summed E-state index contributed by atoms with van der Waals surface area (Å²) in [5.41, 5.74) is 0. The minimum atomic E-state index is -0.661. The SMILES string of the molecule is CCCCCCCCCCCCCCCCC(=O)OCCCCCCCCCCCCCCCCCCCCCCCCC(=O)NC(CO)C(O)CCCCCCCCCCCC. The van der Waals surface area contributed by atoms with Crippen molar-refractivity contribution in [3.8, 4) is 0 Å². The molecule has 0 rings (SSSR count). The molecular weight excluding hydrogens is 779 g/mol. The standard InChI is InChI=1S/C57H113NO5/c1-3-5-7-9-11-13-15-16-28-31-35-39-43-47-51-57(62)63-52-48-44-40-36-32-29-26-24-22-20-18-17-19-21-23-25-27-30-34-38-42-46-50-56(61)58-54(53-59)55(60)49-45-41-37-33-14-12-10-8-6-4-2/h54-55,59-60H,3-53H2,1-2H3,(H,58,61). The Labute approximate surface area is 394 Å². The molecular formula is C57H113NO5. The lowest BCUT2D eigenvalue weighted by Crippen LogP contribution is -2.45. The van der Waals surface area contributed by atoms with Crippen LogP contribution in [-0.2, 0) is 14.3 Å². The highest BCUT2D eigenvalue weighted by Crippen LogP contribution is 2.18. The average Bonchev–Trinajstić information content (AvgIpc) is 3.28. The summed E-state index contributed by atoms with van der Waals surface area (Å²) in [6, 6.07) is -0.538. The number of rotatable bonds is 54. The number of aliphatic hydroxyl groups is 2. The van der Waals surface area contributed by atoms with Crippen LogP contribution in [0.25, 0.3) is 0 Å². The van der Waals surface area contributed by atoms with E-state index < -0.39 is 12.1 Å². The number of ether oxygens (including phenoxy) is 1. The predicted octanol–water partition coefficient (Wildman–Crippen LogP) is 17.5. The number of esters is 1. The molecule has 0 spiro atoms. The number of unbranched alkanes of at least 4 members (excludes halogenated alkanes) is 43. The molecule has 376 valence electrons. The van der Waals surface area contributed by atoms with Crippen molar-refractivity contribution in [3.63, 3.8) is 0 Å². The van der Waals surface area contributed by atoms with E-state index in [2.05, 4.69) is 19.2 Å². The van der Waals surface area contributed by atoms with Gasteiger partial charge in [-0.2, -0.15) is 0 Å². The van der Waals surface area contributed by atoms with Crippen LogP contribution >= 0.6 is 0 Å². The molecule has 6 heteroatoms. The number of carbonyl (C=O) groups is 2. The molecule has 0 aromatic heterocycles. The molecule has 0 saturated heterocycles. The van der Waals surface area contributed by atoms with E-state index in [1.165, 1.54) is 257 Å². The second-order valence-corrected chi connectivity index (χ2v) is 20.0. The van der Waals surface area contributed by atoms with Crippen LogP contribution in [0.15, 0.2) is 0 Å². The number of carbonyl (C=O) groups excluding carboxylic acids is 2. The largest absolute Gasteiger partial charge is 0.466 e. The highest BCUT2D eigenvalue weighted by molar-refractivity contribution is 5.76. The molecule has 0 aliphatic heterocycles. The molecule has 0 fully saturated rings. The van der Waals surface area contributed by atoms with Crippen molar-refractivity contribution in [2.45, 2.75) is 341 Å². The Morgan fingerprint density at radius 3 is 0.968 bits per heavy atom. The third kappa shape index (κ3) is 50.1. The van der Waals surface area contributed by atoms with Crippen molar-refractivity contribution in [1.82, 2.24) is 5.32 Å². The van der Waals surface area contributed by atoms with Crippen LogP contribution in [0.3, 0.4) is 0 Å². The lowest BCUT2D eigenvalue weighted by molar-refractivity contribution is -0.143. The van der Waals surface area contributed by atoms with Gasteiger partial charge in [-0.15, -0.1) is 0 Å². The average molecular weight is 893 g/mol. The van der Waals surface area contributed by atoms with Gasteiger partial charge >= 0.3 is 5.97 Å². The van der Waals surface area contributed by atoms with Gasteiger partial charge in [-0.3, -0.25) is 9.59 Å². The Hall–Kier alpha value is -1.14. The summed E-state index contributed by atoms with van der Waals surface area (Å²) in [6.45, 7) is 4.96. The zero-order chi connectivity index (χ0) is 45.8. The fourth-order valence-corrected chi connectivity index (χ4v) is 9.23. The van der Waals surface area contributed by atoms with E-state index in [4.69, 9.17) is 4.74 Å². The summed E-state index contributed by atoms with van der Waals surface area (Å²) in [6.07, 6.45) is 61.0. The quantitative estimate of drug-likeness (QED) is 0.0418. The fourth-order valence-electron chi connectivity index (χ4n) is 9.23. The van der Waals surface area contributed by atoms with E-state index in [1.807, 2.05) is 0 Å². The van der Waals surface area contributed by atoms with E-state index >= 15 is 0 Å². The molecule has 6 nitrogen and oxygen atoms in total. The van der Waals surface area contributed by atoms with E-state index in [0.717, 1.165) is 38.5 Å². The van der Waals surface area contributed by atoms with E-state index in [-0.39, 0.29) is 18.5 Å². The first kappa shape index (κ1) is 61.9. The topological polar surface area (TPSA) is 95.9 Å². The Balaban J connectivity index is 3.33. The number of hydrogen-bond acceptors (Lipinski definition) is 5. The minimum Gasteiger partial charge on any atom is -0.466 e. The molecule has 0 aromatic carbocycles. The van der Waals surface area contributed by atoms with Gasteiger partial charge in [0.25, 0.3) is 0 Å². The summed E-state index contributed by atoms with van der Waals surface area (Å²) in [7, 11) is 0. The summed E-state index contributed by atoms with van der Waals surface area (Å²) in [4.78, 5) is 24.5. The molecule has 2 unspecified atom stereocenters. The van der Waals surface area contributed by atoms with E-state index in [9.17, 15) is 19.8 Å². The maximum Gasteiger partial charge on any atom is 0.305 e. The molecule has 0 saturated carbocycles. The third-order valence-corrected chi connectivity index (χ3v) is 13.7. The molecule has 0 radical (unpaired) electrons. The highest BCUT2D eigenvalue weighted by Gasteiger charge is 2.20. The van der Waals surface area contributed by atoms with Gasteiger partial charge in [-0.25, -0.2) is 0 Å². The summed E-state index contributed by atoms with van der Waals surface area (Å²) in [5.74, 6) is -0.0190. The lowest BCUT2D eigenvalue weighted by Gasteiger charge is -2.22. The third-order valence-electron chi connectivity index (χ3n) is 13.7. The van der Waals surface area contributed by atoms with Crippen LogP contribution in [0.2, 0.25) is 0 Å². The minimum absolute atomic E-state index is 0.0161. The van der Waals surface area contributed by atoms with Gasteiger partial charge < -0.3 is 20.3 Å². The van der Waals surface area contributed by atoms with Crippen molar-refractivity contribution in [2.75, 3.05) is 13.2 Å². The molecule has 63 heavy (non-hydrogen) atoms. The van der Waals surface area contributed by atoms with Crippen LogP contribution in [-0.4, -0.2) is 47.4 Å². The zero-order valence-electron chi connectivity index (χ0n) is 42.8. The molecule has 0 aliphatic rings. The zero-order valence-corrected chi connectivity index (χ0v) is 42.8. The van der Waals surface area contributed by atoms with Crippen LogP contribution < -0.4 is 5.32 Å². The van der Waals surface area contributed by atoms with Gasteiger partial charge in [0.2, 0.25) is 5.91 Å².